The van der Waals surface area contributed by atoms with Gasteiger partial charge in [0, 0.05) is 31.9 Å². The van der Waals surface area contributed by atoms with Crippen LogP contribution in [0.5, 0.6) is 5.75 Å². The van der Waals surface area contributed by atoms with E-state index in [9.17, 15) is 0 Å². The van der Waals surface area contributed by atoms with Crippen molar-refractivity contribution < 1.29 is 19.6 Å². The molecule has 154 valence electrons. The average molecular weight is 407 g/mol. The summed E-state index contributed by atoms with van der Waals surface area (Å²) in [6.07, 6.45) is 7.91. The third-order valence-electron chi connectivity index (χ3n) is 4.82. The van der Waals surface area contributed by atoms with Gasteiger partial charge in [0.15, 0.2) is 11.5 Å². The topological polar surface area (TPSA) is 92.0 Å². The van der Waals surface area contributed by atoms with E-state index in [1.807, 2.05) is 12.1 Å². The minimum atomic E-state index is 0.102. The number of aliphatic hydroxyl groups is 1. The third kappa shape index (κ3) is 7.13. The van der Waals surface area contributed by atoms with Crippen LogP contribution < -0.4 is 15.0 Å². The van der Waals surface area contributed by atoms with Crippen molar-refractivity contribution in [2.45, 2.75) is 58.4 Å². The van der Waals surface area contributed by atoms with Crippen LogP contribution in [0.4, 0.5) is 0 Å². The fraction of sp³-hybridized carbons (Fsp3) is 0.524. The Kier molecular flexibility index (Phi) is 9.79. The van der Waals surface area contributed by atoms with Crippen molar-refractivity contribution in [3.05, 3.63) is 45.9 Å². The number of hydrogen-bond acceptors (Lipinski definition) is 5. The van der Waals surface area contributed by atoms with Crippen LogP contribution >= 0.6 is 11.3 Å². The molecule has 0 unspecified atom stereocenters. The molecule has 2 aromatic rings. The van der Waals surface area contributed by atoms with E-state index in [1.165, 1.54) is 42.7 Å². The van der Waals surface area contributed by atoms with Crippen LogP contribution in [-0.2, 0) is 13.0 Å². The third-order valence-corrected chi connectivity index (χ3v) is 5.96. The Morgan fingerprint density at radius 1 is 1.11 bits per heavy atom. The molecule has 0 amide bonds. The first kappa shape index (κ1) is 22.2. The fourth-order valence-corrected chi connectivity index (χ4v) is 4.09. The van der Waals surface area contributed by atoms with Crippen molar-refractivity contribution in [1.82, 2.24) is 0 Å². The van der Waals surface area contributed by atoms with E-state index in [0.29, 0.717) is 12.2 Å². The lowest BCUT2D eigenvalue weighted by Gasteiger charge is -2.07. The number of rotatable bonds is 13. The molecule has 0 spiro atoms. The van der Waals surface area contributed by atoms with Crippen molar-refractivity contribution in [2.75, 3.05) is 13.2 Å². The highest BCUT2D eigenvalue weighted by Gasteiger charge is 2.13. The number of unbranched alkanes of at least 4 members (excludes halogenated alkanes) is 5. The predicted molar refractivity (Wildman–Crippen MR) is 112 cm³/mol. The summed E-state index contributed by atoms with van der Waals surface area (Å²) in [5.41, 5.74) is 9.69. The number of aryl methyl sites for hydroxylation is 1. The Balaban J connectivity index is 1.51. The normalized spacial score (nSPS) is 11.7. The highest BCUT2D eigenvalue weighted by atomic mass is 32.1. The lowest BCUT2D eigenvalue weighted by molar-refractivity contribution is -0.698. The maximum atomic E-state index is 9.06. The Morgan fingerprint density at radius 2 is 1.79 bits per heavy atom. The number of nitrogens with zero attached hydrogens (tertiary/aromatic N) is 2. The van der Waals surface area contributed by atoms with Gasteiger partial charge < -0.3 is 20.8 Å². The molecule has 0 aliphatic carbocycles. The van der Waals surface area contributed by atoms with Crippen molar-refractivity contribution >= 4 is 17.2 Å². The van der Waals surface area contributed by atoms with Gasteiger partial charge in [0.25, 0.3) is 0 Å². The van der Waals surface area contributed by atoms with Gasteiger partial charge in [-0.3, -0.25) is 0 Å². The second kappa shape index (κ2) is 12.4. The first-order valence-electron chi connectivity index (χ1n) is 9.93. The molecule has 2 rings (SSSR count). The second-order valence-corrected chi connectivity index (χ2v) is 7.82. The Bertz CT molecular complexity index is 729. The molecule has 6 nitrogen and oxygen atoms in total. The van der Waals surface area contributed by atoms with Crippen LogP contribution in [0.15, 0.2) is 34.9 Å². The minimum absolute atomic E-state index is 0.102. The number of benzene rings is 1. The van der Waals surface area contributed by atoms with Crippen LogP contribution in [-0.4, -0.2) is 29.4 Å². The van der Waals surface area contributed by atoms with E-state index in [-0.39, 0.29) is 12.4 Å². The highest BCUT2D eigenvalue weighted by molar-refractivity contribution is 7.09. The smallest absolute Gasteiger partial charge is 0.225 e. The van der Waals surface area contributed by atoms with Crippen LogP contribution in [0, 0.1) is 6.92 Å². The van der Waals surface area contributed by atoms with Gasteiger partial charge in [-0.1, -0.05) is 35.8 Å². The summed E-state index contributed by atoms with van der Waals surface area (Å²) in [6.45, 7) is 4.15. The first-order valence-corrected chi connectivity index (χ1v) is 10.8. The molecule has 4 N–H and O–H groups in total. The van der Waals surface area contributed by atoms with E-state index in [2.05, 4.69) is 22.2 Å². The van der Waals surface area contributed by atoms with Crippen LogP contribution in [0.2, 0.25) is 0 Å². The van der Waals surface area contributed by atoms with Gasteiger partial charge in [0.1, 0.15) is 12.3 Å². The van der Waals surface area contributed by atoms with Gasteiger partial charge in [-0.25, -0.2) is 0 Å². The van der Waals surface area contributed by atoms with Gasteiger partial charge in [-0.2, -0.15) is 4.57 Å². The first-order chi connectivity index (χ1) is 13.7. The summed E-state index contributed by atoms with van der Waals surface area (Å²) in [5.74, 6) is 0.905. The molecule has 1 heterocycles. The lowest BCUT2D eigenvalue weighted by atomic mass is 10.1. The molecule has 0 atom stereocenters. The van der Waals surface area contributed by atoms with Crippen LogP contribution in [0.25, 0.3) is 0 Å². The molecule has 0 aliphatic heterocycles. The Labute approximate surface area is 171 Å². The van der Waals surface area contributed by atoms with Gasteiger partial charge in [-0.15, -0.1) is 0 Å². The molecule has 7 heteroatoms. The average Bonchev–Trinajstić information content (AvgIpc) is 3.06. The number of nitrogens with two attached hydrogens (primary N) is 1. The Morgan fingerprint density at radius 3 is 2.46 bits per heavy atom. The standard InChI is InChI=1S/C21H31N3O3S/c1-17-20(12-14-25)28-16-24(17)13-6-4-2-3-5-7-15-27-19-10-8-18(9-11-19)21(22)23-26/h8-11,16,25H,2-7,12-15H2,1H3,(H2-,22,23,26)/p+1. The van der Waals surface area contributed by atoms with E-state index in [0.717, 1.165) is 25.1 Å². The molecular weight excluding hydrogens is 374 g/mol. The molecule has 1 aromatic carbocycles. The number of thiazole rings is 1. The predicted octanol–water partition coefficient (Wildman–Crippen LogP) is 3.39. The number of aromatic nitrogens is 1. The monoisotopic (exact) mass is 406 g/mol. The van der Waals surface area contributed by atoms with Gasteiger partial charge in [0.2, 0.25) is 5.51 Å². The molecule has 1 aromatic heterocycles. The zero-order valence-electron chi connectivity index (χ0n) is 16.6. The molecule has 0 radical (unpaired) electrons. The lowest BCUT2D eigenvalue weighted by Crippen LogP contribution is -2.34. The highest BCUT2D eigenvalue weighted by Crippen LogP contribution is 2.14. The van der Waals surface area contributed by atoms with Crippen LogP contribution in [0.1, 0.15) is 54.7 Å². The minimum Gasteiger partial charge on any atom is -0.494 e. The van der Waals surface area contributed by atoms with E-state index >= 15 is 0 Å². The van der Waals surface area contributed by atoms with E-state index in [4.69, 9.17) is 20.8 Å². The van der Waals surface area contributed by atoms with E-state index < -0.39 is 0 Å². The molecule has 0 bridgehead atoms. The molecular formula is C21H32N3O3S+. The second-order valence-electron chi connectivity index (χ2n) is 6.88. The summed E-state index contributed by atoms with van der Waals surface area (Å²) in [5, 5.41) is 20.7. The number of ether oxygens (including phenoxy) is 1. The van der Waals surface area contributed by atoms with Gasteiger partial charge in [0.05, 0.1) is 11.5 Å². The quantitative estimate of drug-likeness (QED) is 0.119. The molecule has 28 heavy (non-hydrogen) atoms. The molecule has 0 aliphatic rings. The summed E-state index contributed by atoms with van der Waals surface area (Å²) < 4.78 is 8.05. The SMILES string of the molecule is Cc1c(CCO)sc[n+]1CCCCCCCCOc1ccc(/C(N)=N/O)cc1. The summed E-state index contributed by atoms with van der Waals surface area (Å²) in [7, 11) is 0. The number of amidine groups is 1. The van der Waals surface area contributed by atoms with E-state index in [1.54, 1.807) is 23.5 Å². The molecule has 0 fully saturated rings. The van der Waals surface area contributed by atoms with Gasteiger partial charge >= 0.3 is 0 Å². The fourth-order valence-electron chi connectivity index (χ4n) is 3.07. The zero-order chi connectivity index (χ0) is 20.2. The molecule has 0 saturated heterocycles. The van der Waals surface area contributed by atoms with Crippen molar-refractivity contribution in [1.29, 1.82) is 0 Å². The summed E-state index contributed by atoms with van der Waals surface area (Å²) in [4.78, 5) is 1.29. The van der Waals surface area contributed by atoms with Crippen molar-refractivity contribution in [3.63, 3.8) is 0 Å². The van der Waals surface area contributed by atoms with Gasteiger partial charge in [-0.05, 0) is 37.1 Å². The molecule has 0 saturated carbocycles. The summed E-state index contributed by atoms with van der Waals surface area (Å²) >= 11 is 1.75. The van der Waals surface area contributed by atoms with Crippen LogP contribution in [0.3, 0.4) is 0 Å². The number of hydrogen-bond donors (Lipinski definition) is 3. The maximum absolute atomic E-state index is 9.06. The van der Waals surface area contributed by atoms with Crippen molar-refractivity contribution in [2.24, 2.45) is 10.9 Å². The largest absolute Gasteiger partial charge is 0.494 e. The maximum Gasteiger partial charge on any atom is 0.225 e. The number of aliphatic hydroxyl groups excluding tert-OH is 1. The number of oxime groups is 1. The summed E-state index contributed by atoms with van der Waals surface area (Å²) in [6, 6.07) is 7.24. The van der Waals surface area contributed by atoms with Crippen molar-refractivity contribution in [3.8, 4) is 5.75 Å². The zero-order valence-corrected chi connectivity index (χ0v) is 17.5. The Hall–Kier alpha value is -2.12.